The van der Waals surface area contributed by atoms with Crippen molar-refractivity contribution in [2.45, 2.75) is 26.7 Å². The summed E-state index contributed by atoms with van der Waals surface area (Å²) in [5, 5.41) is 2.39. The minimum absolute atomic E-state index is 0.0106. The number of methoxy groups -OCH3 is 1. The van der Waals surface area contributed by atoms with Gasteiger partial charge in [-0.15, -0.1) is 11.6 Å². The zero-order chi connectivity index (χ0) is 13.8. The van der Waals surface area contributed by atoms with E-state index in [1.165, 1.54) is 18.2 Å². The molecule has 1 N–H and O–H groups in total. The van der Waals surface area contributed by atoms with E-state index >= 15 is 0 Å². The summed E-state index contributed by atoms with van der Waals surface area (Å²) in [4.78, 5) is 10.2. The van der Waals surface area contributed by atoms with Gasteiger partial charge in [-0.3, -0.25) is 4.79 Å². The highest BCUT2D eigenvalue weighted by Gasteiger charge is 1.92. The maximum Gasteiger partial charge on any atom is 0.236 e. The highest BCUT2D eigenvalue weighted by atomic mass is 35.5. The second-order valence-corrected chi connectivity index (χ2v) is 3.96. The average Bonchev–Trinajstić information content (AvgIpc) is 2.45. The van der Waals surface area contributed by atoms with Crippen molar-refractivity contribution in [1.29, 1.82) is 0 Å². The summed E-state index contributed by atoms with van der Waals surface area (Å²) >= 11 is 5.12. The lowest BCUT2D eigenvalue weighted by Crippen LogP contribution is -2.26. The van der Waals surface area contributed by atoms with Crippen LogP contribution in [0.1, 0.15) is 25.0 Å². The van der Waals surface area contributed by atoms with Gasteiger partial charge in [0.2, 0.25) is 5.91 Å². The molecule has 4 heteroatoms. The molecule has 0 atom stereocenters. The molecule has 102 valence electrons. The van der Waals surface area contributed by atoms with Crippen molar-refractivity contribution in [3.63, 3.8) is 0 Å². The van der Waals surface area contributed by atoms with Crippen molar-refractivity contribution in [3.8, 4) is 0 Å². The van der Waals surface area contributed by atoms with Crippen LogP contribution < -0.4 is 5.32 Å². The van der Waals surface area contributed by atoms with E-state index < -0.39 is 0 Å². The van der Waals surface area contributed by atoms with E-state index in [0.717, 1.165) is 12.8 Å². The first-order valence-corrected chi connectivity index (χ1v) is 6.60. The first kappa shape index (κ1) is 16.9. The molecule has 0 aromatic heterocycles. The van der Waals surface area contributed by atoms with E-state index in [1.807, 2.05) is 0 Å². The van der Waals surface area contributed by atoms with Gasteiger partial charge >= 0.3 is 0 Å². The van der Waals surface area contributed by atoms with Crippen LogP contribution in [0.15, 0.2) is 24.3 Å². The quantitative estimate of drug-likeness (QED) is 0.661. The van der Waals surface area contributed by atoms with Gasteiger partial charge in [-0.2, -0.15) is 0 Å². The van der Waals surface area contributed by atoms with Gasteiger partial charge in [0, 0.05) is 7.11 Å². The molecule has 18 heavy (non-hydrogen) atoms. The van der Waals surface area contributed by atoms with Gasteiger partial charge in [-0.05, 0) is 24.0 Å². The van der Waals surface area contributed by atoms with Crippen molar-refractivity contribution in [2.24, 2.45) is 0 Å². The van der Waals surface area contributed by atoms with E-state index in [2.05, 4.69) is 48.2 Å². The van der Waals surface area contributed by atoms with Gasteiger partial charge in [0.15, 0.2) is 0 Å². The minimum atomic E-state index is -0.214. The molecule has 3 nitrogen and oxygen atoms in total. The van der Waals surface area contributed by atoms with Crippen LogP contribution in [0.2, 0.25) is 0 Å². The zero-order valence-electron chi connectivity index (χ0n) is 11.3. The maximum absolute atomic E-state index is 10.2. The SMILES string of the molecule is CCc1cccc(CC)c1.COCNC(=O)CCl. The summed E-state index contributed by atoms with van der Waals surface area (Å²) in [6.07, 6.45) is 2.29. The molecule has 0 spiro atoms. The van der Waals surface area contributed by atoms with Crippen molar-refractivity contribution in [3.05, 3.63) is 35.4 Å². The molecular weight excluding hydrogens is 250 g/mol. The molecular formula is C14H22ClNO2. The van der Waals surface area contributed by atoms with Crippen LogP contribution >= 0.6 is 11.6 Å². The molecule has 0 saturated heterocycles. The number of carbonyl (C=O) groups excluding carboxylic acids is 1. The van der Waals surface area contributed by atoms with Gasteiger partial charge in [0.05, 0.1) is 0 Å². The predicted octanol–water partition coefficient (Wildman–Crippen LogP) is 2.76. The third-order valence-electron chi connectivity index (χ3n) is 2.34. The molecule has 0 heterocycles. The third-order valence-corrected chi connectivity index (χ3v) is 2.59. The Morgan fingerprint density at radius 2 is 1.83 bits per heavy atom. The molecule has 0 radical (unpaired) electrons. The van der Waals surface area contributed by atoms with E-state index in [4.69, 9.17) is 11.6 Å². The molecule has 0 aliphatic heterocycles. The fourth-order valence-corrected chi connectivity index (χ4v) is 1.36. The molecule has 1 rings (SSSR count). The molecule has 0 fully saturated rings. The first-order valence-electron chi connectivity index (χ1n) is 6.07. The second kappa shape index (κ2) is 11.1. The molecule has 0 unspecified atom stereocenters. The molecule has 1 aromatic carbocycles. The van der Waals surface area contributed by atoms with E-state index in [-0.39, 0.29) is 18.5 Å². The number of hydrogen-bond donors (Lipinski definition) is 1. The Morgan fingerprint density at radius 3 is 2.22 bits per heavy atom. The Morgan fingerprint density at radius 1 is 1.28 bits per heavy atom. The highest BCUT2D eigenvalue weighted by molar-refractivity contribution is 6.27. The fourth-order valence-electron chi connectivity index (χ4n) is 1.27. The Balaban J connectivity index is 0.000000331. The lowest BCUT2D eigenvalue weighted by Gasteiger charge is -1.98. The lowest BCUT2D eigenvalue weighted by atomic mass is 10.1. The number of amides is 1. The van der Waals surface area contributed by atoms with E-state index in [0.29, 0.717) is 0 Å². The molecule has 1 aromatic rings. The van der Waals surface area contributed by atoms with Crippen LogP contribution in [0, 0.1) is 0 Å². The Labute approximate surface area is 114 Å². The van der Waals surface area contributed by atoms with Crippen molar-refractivity contribution < 1.29 is 9.53 Å². The third kappa shape index (κ3) is 8.09. The van der Waals surface area contributed by atoms with Crippen LogP contribution in [0.5, 0.6) is 0 Å². The van der Waals surface area contributed by atoms with Crippen molar-refractivity contribution in [1.82, 2.24) is 5.32 Å². The Hall–Kier alpha value is -1.06. The van der Waals surface area contributed by atoms with Crippen molar-refractivity contribution >= 4 is 17.5 Å². The van der Waals surface area contributed by atoms with E-state index in [1.54, 1.807) is 0 Å². The molecule has 0 bridgehead atoms. The maximum atomic E-state index is 10.2. The molecule has 0 aliphatic rings. The van der Waals surface area contributed by atoms with Gasteiger partial charge in [-0.1, -0.05) is 38.1 Å². The topological polar surface area (TPSA) is 38.3 Å². The van der Waals surface area contributed by atoms with Crippen LogP contribution in [0.25, 0.3) is 0 Å². The van der Waals surface area contributed by atoms with Crippen LogP contribution in [0.4, 0.5) is 0 Å². The van der Waals surface area contributed by atoms with Gasteiger partial charge < -0.3 is 10.1 Å². The van der Waals surface area contributed by atoms with Gasteiger partial charge in [0.1, 0.15) is 12.6 Å². The van der Waals surface area contributed by atoms with Gasteiger partial charge in [0.25, 0.3) is 0 Å². The Kier molecular flexibility index (Phi) is 10.4. The number of carbonyl (C=O) groups is 1. The smallest absolute Gasteiger partial charge is 0.236 e. The summed E-state index contributed by atoms with van der Waals surface area (Å²) in [6.45, 7) is 4.61. The van der Waals surface area contributed by atoms with Gasteiger partial charge in [-0.25, -0.2) is 0 Å². The number of rotatable bonds is 5. The number of ether oxygens (including phenoxy) is 1. The largest absolute Gasteiger partial charge is 0.364 e. The van der Waals surface area contributed by atoms with Crippen LogP contribution in [-0.2, 0) is 22.4 Å². The summed E-state index contributed by atoms with van der Waals surface area (Å²) in [5.41, 5.74) is 2.89. The molecule has 0 aliphatic carbocycles. The zero-order valence-corrected chi connectivity index (χ0v) is 12.1. The summed E-state index contributed by atoms with van der Waals surface area (Å²) in [7, 11) is 1.49. The predicted molar refractivity (Wildman–Crippen MR) is 75.9 cm³/mol. The first-order chi connectivity index (χ1) is 8.67. The van der Waals surface area contributed by atoms with Crippen LogP contribution in [-0.4, -0.2) is 25.6 Å². The number of benzene rings is 1. The van der Waals surface area contributed by atoms with E-state index in [9.17, 15) is 4.79 Å². The molecule has 1 amide bonds. The summed E-state index contributed by atoms with van der Waals surface area (Å²) in [6, 6.07) is 8.77. The summed E-state index contributed by atoms with van der Waals surface area (Å²) < 4.78 is 4.52. The number of halogens is 1. The normalized spacial score (nSPS) is 9.33. The number of alkyl halides is 1. The Bertz CT molecular complexity index is 323. The lowest BCUT2D eigenvalue weighted by molar-refractivity contribution is -0.120. The fraction of sp³-hybridized carbons (Fsp3) is 0.500. The summed E-state index contributed by atoms with van der Waals surface area (Å²) in [5.74, 6) is -0.225. The second-order valence-electron chi connectivity index (χ2n) is 3.69. The number of hydrogen-bond acceptors (Lipinski definition) is 2. The number of nitrogens with one attached hydrogen (secondary N) is 1. The minimum Gasteiger partial charge on any atom is -0.364 e. The highest BCUT2D eigenvalue weighted by Crippen LogP contribution is 2.05. The average molecular weight is 272 g/mol. The standard InChI is InChI=1S/C10H14.C4H8ClNO2/c1-3-9-6-5-7-10(4-2)8-9;1-8-3-6-4(7)2-5/h5-8H,3-4H2,1-2H3;2-3H2,1H3,(H,6,7). The molecule has 0 saturated carbocycles. The van der Waals surface area contributed by atoms with Crippen molar-refractivity contribution in [2.75, 3.05) is 19.7 Å². The monoisotopic (exact) mass is 271 g/mol. The van der Waals surface area contributed by atoms with Crippen LogP contribution in [0.3, 0.4) is 0 Å². The number of aryl methyl sites for hydroxylation is 2.